The lowest BCUT2D eigenvalue weighted by Crippen LogP contribution is -2.42. The maximum Gasteiger partial charge on any atom is 0.407 e. The number of carbonyl (C=O) groups excluding carboxylic acids is 2. The molecule has 0 bridgehead atoms. The van der Waals surface area contributed by atoms with Gasteiger partial charge < -0.3 is 20.1 Å². The van der Waals surface area contributed by atoms with Crippen LogP contribution in [0.15, 0.2) is 48.5 Å². The lowest BCUT2D eigenvalue weighted by atomic mass is 9.98. The van der Waals surface area contributed by atoms with Crippen molar-refractivity contribution in [1.82, 2.24) is 10.2 Å². The predicted molar refractivity (Wildman–Crippen MR) is 124 cm³/mol. The van der Waals surface area contributed by atoms with Crippen LogP contribution in [0.25, 0.3) is 11.1 Å². The van der Waals surface area contributed by atoms with E-state index in [1.807, 2.05) is 31.2 Å². The Balaban J connectivity index is 1.33. The van der Waals surface area contributed by atoms with Gasteiger partial charge in [-0.15, -0.1) is 0 Å². The minimum Gasteiger partial charge on any atom is -0.481 e. The van der Waals surface area contributed by atoms with Gasteiger partial charge in [0.1, 0.15) is 6.61 Å². The van der Waals surface area contributed by atoms with Crippen LogP contribution >= 0.6 is 0 Å². The Labute approximate surface area is 193 Å². The summed E-state index contributed by atoms with van der Waals surface area (Å²) < 4.78 is 5.60. The van der Waals surface area contributed by atoms with E-state index in [4.69, 9.17) is 9.84 Å². The molecule has 1 unspecified atom stereocenters. The zero-order valence-corrected chi connectivity index (χ0v) is 18.8. The lowest BCUT2D eigenvalue weighted by Gasteiger charge is -2.25. The number of fused-ring (bicyclic) bond motifs is 3. The minimum absolute atomic E-state index is 0.0220. The fourth-order valence-electron chi connectivity index (χ4n) is 4.55. The highest BCUT2D eigenvalue weighted by Gasteiger charge is 2.34. The molecule has 33 heavy (non-hydrogen) atoms. The topological polar surface area (TPSA) is 95.9 Å². The highest BCUT2D eigenvalue weighted by Crippen LogP contribution is 2.44. The zero-order valence-electron chi connectivity index (χ0n) is 18.8. The normalized spacial score (nSPS) is 15.3. The van der Waals surface area contributed by atoms with Crippen molar-refractivity contribution in [3.63, 3.8) is 0 Å². The molecule has 1 atom stereocenters. The third kappa shape index (κ3) is 5.35. The number of rotatable bonds is 10. The second-order valence-electron chi connectivity index (χ2n) is 8.74. The van der Waals surface area contributed by atoms with Gasteiger partial charge in [0.05, 0.1) is 6.42 Å². The molecule has 2 amide bonds. The van der Waals surface area contributed by atoms with E-state index in [0.29, 0.717) is 6.42 Å². The number of carboxylic acids is 1. The summed E-state index contributed by atoms with van der Waals surface area (Å²) in [4.78, 5) is 37.9. The number of alkyl carbamates (subject to hydrolysis) is 1. The van der Waals surface area contributed by atoms with Crippen LogP contribution in [0, 0.1) is 0 Å². The van der Waals surface area contributed by atoms with Gasteiger partial charge in [0.2, 0.25) is 5.91 Å². The second-order valence-corrected chi connectivity index (χ2v) is 8.74. The summed E-state index contributed by atoms with van der Waals surface area (Å²) in [5, 5.41) is 11.8. The van der Waals surface area contributed by atoms with Gasteiger partial charge in [0.15, 0.2) is 0 Å². The Kier molecular flexibility index (Phi) is 6.96. The number of hydrogen-bond donors (Lipinski definition) is 2. The molecule has 7 heteroatoms. The molecule has 2 aliphatic carbocycles. The van der Waals surface area contributed by atoms with Crippen molar-refractivity contribution in [3.05, 3.63) is 59.7 Å². The maximum absolute atomic E-state index is 12.8. The molecule has 1 fully saturated rings. The average molecular weight is 451 g/mol. The van der Waals surface area contributed by atoms with Crippen molar-refractivity contribution < 1.29 is 24.2 Å². The van der Waals surface area contributed by atoms with E-state index in [1.165, 1.54) is 11.1 Å². The van der Waals surface area contributed by atoms with Gasteiger partial charge in [-0.3, -0.25) is 9.59 Å². The first-order valence-electron chi connectivity index (χ1n) is 11.6. The minimum atomic E-state index is -0.919. The van der Waals surface area contributed by atoms with E-state index in [1.54, 1.807) is 4.90 Å². The Bertz CT molecular complexity index is 987. The van der Waals surface area contributed by atoms with Crippen LogP contribution in [0.4, 0.5) is 4.79 Å². The molecule has 0 spiro atoms. The van der Waals surface area contributed by atoms with Crippen LogP contribution in [0.5, 0.6) is 0 Å². The molecule has 2 aromatic rings. The van der Waals surface area contributed by atoms with Crippen molar-refractivity contribution in [1.29, 1.82) is 0 Å². The summed E-state index contributed by atoms with van der Waals surface area (Å²) in [5.74, 6) is -1.06. The molecule has 4 rings (SSSR count). The molecule has 0 heterocycles. The van der Waals surface area contributed by atoms with Crippen LogP contribution in [-0.4, -0.2) is 53.2 Å². The summed E-state index contributed by atoms with van der Waals surface area (Å²) in [6, 6.07) is 16.1. The third-order valence-electron chi connectivity index (χ3n) is 6.45. The van der Waals surface area contributed by atoms with Gasteiger partial charge in [0.25, 0.3) is 0 Å². The Morgan fingerprint density at radius 3 is 2.21 bits per heavy atom. The highest BCUT2D eigenvalue weighted by atomic mass is 16.5. The van der Waals surface area contributed by atoms with Gasteiger partial charge in [0, 0.05) is 31.0 Å². The summed E-state index contributed by atoms with van der Waals surface area (Å²) in [6.45, 7) is 2.33. The first-order chi connectivity index (χ1) is 16.0. The monoisotopic (exact) mass is 450 g/mol. The van der Waals surface area contributed by atoms with Crippen LogP contribution in [0.3, 0.4) is 0 Å². The number of hydrogen-bond acceptors (Lipinski definition) is 4. The lowest BCUT2D eigenvalue weighted by molar-refractivity contribution is -0.138. The number of aliphatic carboxylic acids is 1. The highest BCUT2D eigenvalue weighted by molar-refractivity contribution is 5.80. The average Bonchev–Trinajstić information content (AvgIpc) is 3.59. The Hall–Kier alpha value is -3.35. The summed E-state index contributed by atoms with van der Waals surface area (Å²) in [6.07, 6.45) is 1.91. The number of nitrogens with one attached hydrogen (secondary N) is 1. The molecule has 0 radical (unpaired) electrons. The first-order valence-corrected chi connectivity index (χ1v) is 11.6. The molecular formula is C26H30N2O5. The summed E-state index contributed by atoms with van der Waals surface area (Å²) >= 11 is 0. The number of carboxylic acid groups (broad SMARTS) is 1. The van der Waals surface area contributed by atoms with Crippen molar-refractivity contribution in [2.75, 3.05) is 13.2 Å². The van der Waals surface area contributed by atoms with Gasteiger partial charge in [-0.1, -0.05) is 55.5 Å². The zero-order chi connectivity index (χ0) is 23.4. The van der Waals surface area contributed by atoms with E-state index in [2.05, 4.69) is 29.6 Å². The number of carbonyl (C=O) groups is 3. The van der Waals surface area contributed by atoms with Gasteiger partial charge in [-0.05, 0) is 41.5 Å². The summed E-state index contributed by atoms with van der Waals surface area (Å²) in [5.41, 5.74) is 4.63. The molecule has 2 N–H and O–H groups in total. The van der Waals surface area contributed by atoms with E-state index < -0.39 is 12.1 Å². The van der Waals surface area contributed by atoms with Gasteiger partial charge >= 0.3 is 12.1 Å². The molecule has 0 saturated heterocycles. The quantitative estimate of drug-likeness (QED) is 0.567. The maximum atomic E-state index is 12.8. The van der Waals surface area contributed by atoms with Crippen molar-refractivity contribution >= 4 is 18.0 Å². The van der Waals surface area contributed by atoms with Gasteiger partial charge in [-0.2, -0.15) is 0 Å². The van der Waals surface area contributed by atoms with Gasteiger partial charge in [-0.25, -0.2) is 4.79 Å². The van der Waals surface area contributed by atoms with Crippen molar-refractivity contribution in [2.24, 2.45) is 0 Å². The Morgan fingerprint density at radius 1 is 1.06 bits per heavy atom. The second kappa shape index (κ2) is 10.1. The predicted octanol–water partition coefficient (Wildman–Crippen LogP) is 4.16. The fourth-order valence-corrected chi connectivity index (χ4v) is 4.55. The molecular weight excluding hydrogens is 420 g/mol. The molecule has 2 aliphatic rings. The molecule has 0 aromatic heterocycles. The van der Waals surface area contributed by atoms with Crippen molar-refractivity contribution in [3.8, 4) is 11.1 Å². The molecule has 174 valence electrons. The number of nitrogens with zero attached hydrogens (tertiary/aromatic N) is 1. The first kappa shape index (κ1) is 22.8. The molecule has 2 aromatic carbocycles. The Morgan fingerprint density at radius 2 is 1.67 bits per heavy atom. The molecule has 7 nitrogen and oxygen atoms in total. The van der Waals surface area contributed by atoms with Crippen molar-refractivity contribution in [2.45, 2.75) is 57.0 Å². The van der Waals surface area contributed by atoms with E-state index >= 15 is 0 Å². The largest absolute Gasteiger partial charge is 0.481 e. The molecule has 0 aliphatic heterocycles. The SMILES string of the molecule is CCC(CC(=O)N(CCC(=O)O)C1CC1)NC(=O)OCC1c2ccccc2-c2ccccc21. The van der Waals surface area contributed by atoms with Crippen LogP contribution in [-0.2, 0) is 14.3 Å². The fraction of sp³-hybridized carbons (Fsp3) is 0.423. The smallest absolute Gasteiger partial charge is 0.407 e. The van der Waals surface area contributed by atoms with E-state index in [9.17, 15) is 14.4 Å². The number of ether oxygens (including phenoxy) is 1. The number of amides is 2. The third-order valence-corrected chi connectivity index (χ3v) is 6.45. The van der Waals surface area contributed by atoms with Crippen LogP contribution in [0.1, 0.15) is 56.1 Å². The van der Waals surface area contributed by atoms with E-state index in [0.717, 1.165) is 24.0 Å². The molecule has 1 saturated carbocycles. The van der Waals surface area contributed by atoms with Crippen LogP contribution < -0.4 is 5.32 Å². The standard InChI is InChI=1S/C26H30N2O5/c1-2-17(15-24(29)28(18-11-12-18)14-13-25(30)31)27-26(32)33-16-23-21-9-5-3-7-19(21)20-8-4-6-10-22(20)23/h3-10,17-18,23H,2,11-16H2,1H3,(H,27,32)(H,30,31). The van der Waals surface area contributed by atoms with Crippen LogP contribution in [0.2, 0.25) is 0 Å². The number of benzene rings is 2. The van der Waals surface area contributed by atoms with E-state index in [-0.39, 0.29) is 49.9 Å². The summed E-state index contributed by atoms with van der Waals surface area (Å²) in [7, 11) is 0.